The molecule has 46 heavy (non-hydrogen) atoms. The Bertz CT molecular complexity index is 2070. The monoisotopic (exact) mass is 595 g/mol. The quantitative estimate of drug-likeness (QED) is 0.214. The van der Waals surface area contributed by atoms with Gasteiger partial charge >= 0.3 is 0 Å². The first-order valence-electron chi connectivity index (χ1n) is 16.5. The summed E-state index contributed by atoms with van der Waals surface area (Å²) in [5, 5.41) is 3.85. The average Bonchev–Trinajstić information content (AvgIpc) is 3.51. The van der Waals surface area contributed by atoms with Crippen LogP contribution < -0.4 is 5.32 Å². The van der Waals surface area contributed by atoms with Crippen molar-refractivity contribution in [2.75, 3.05) is 5.32 Å². The second-order valence-electron chi connectivity index (χ2n) is 15.1. The molecule has 226 valence electrons. The van der Waals surface area contributed by atoms with Crippen molar-refractivity contribution in [2.24, 2.45) is 0 Å². The second kappa shape index (κ2) is 10.1. The van der Waals surface area contributed by atoms with Crippen LogP contribution in [-0.4, -0.2) is 0 Å². The number of anilines is 2. The van der Waals surface area contributed by atoms with Gasteiger partial charge < -0.3 is 5.32 Å². The average molecular weight is 596 g/mol. The highest BCUT2D eigenvalue weighted by Gasteiger charge is 2.52. The van der Waals surface area contributed by atoms with Gasteiger partial charge in [0.15, 0.2) is 0 Å². The van der Waals surface area contributed by atoms with Gasteiger partial charge in [0.2, 0.25) is 0 Å². The summed E-state index contributed by atoms with van der Waals surface area (Å²) in [6.07, 6.45) is 0. The topological polar surface area (TPSA) is 12.0 Å². The van der Waals surface area contributed by atoms with Crippen molar-refractivity contribution in [3.8, 4) is 33.4 Å². The van der Waals surface area contributed by atoms with Crippen molar-refractivity contribution in [1.29, 1.82) is 0 Å². The number of hydrogen-bond acceptors (Lipinski definition) is 1. The van der Waals surface area contributed by atoms with Crippen LogP contribution in [0, 0.1) is 0 Å². The molecule has 0 unspecified atom stereocenters. The molecule has 0 radical (unpaired) electrons. The lowest BCUT2D eigenvalue weighted by atomic mass is 9.68. The largest absolute Gasteiger partial charge is 0.355 e. The maximum atomic E-state index is 3.85. The van der Waals surface area contributed by atoms with Crippen molar-refractivity contribution in [3.05, 3.63) is 167 Å². The highest BCUT2D eigenvalue weighted by molar-refractivity contribution is 5.96. The molecule has 0 heterocycles. The van der Waals surface area contributed by atoms with Gasteiger partial charge in [-0.2, -0.15) is 0 Å². The first-order chi connectivity index (χ1) is 22.1. The molecular weight excluding hydrogens is 555 g/mol. The molecule has 8 rings (SSSR count). The zero-order valence-corrected chi connectivity index (χ0v) is 27.7. The first-order valence-corrected chi connectivity index (χ1v) is 16.5. The van der Waals surface area contributed by atoms with E-state index in [4.69, 9.17) is 0 Å². The van der Waals surface area contributed by atoms with Crippen LogP contribution in [0.25, 0.3) is 33.4 Å². The molecule has 0 aliphatic heterocycles. The molecule has 2 aliphatic rings. The molecule has 0 saturated heterocycles. The molecule has 6 aromatic carbocycles. The Balaban J connectivity index is 1.40. The Morgan fingerprint density at radius 2 is 0.891 bits per heavy atom. The number of nitrogens with one attached hydrogen (secondary N) is 1. The lowest BCUT2D eigenvalue weighted by molar-refractivity contribution is 0.586. The van der Waals surface area contributed by atoms with Crippen LogP contribution in [0.5, 0.6) is 0 Å². The van der Waals surface area contributed by atoms with Gasteiger partial charge in [0.25, 0.3) is 0 Å². The third-order valence-electron chi connectivity index (χ3n) is 10.2. The fourth-order valence-electron chi connectivity index (χ4n) is 7.81. The summed E-state index contributed by atoms with van der Waals surface area (Å²) in [6, 6.07) is 49.9. The third kappa shape index (κ3) is 4.22. The van der Waals surface area contributed by atoms with Gasteiger partial charge in [0.05, 0.1) is 5.41 Å². The lowest BCUT2D eigenvalue weighted by Gasteiger charge is -2.33. The fourth-order valence-corrected chi connectivity index (χ4v) is 7.81. The number of benzene rings is 6. The molecule has 1 N–H and O–H groups in total. The van der Waals surface area contributed by atoms with Gasteiger partial charge in [-0.15, -0.1) is 0 Å². The summed E-state index contributed by atoms with van der Waals surface area (Å²) >= 11 is 0. The van der Waals surface area contributed by atoms with Gasteiger partial charge in [-0.1, -0.05) is 157 Å². The van der Waals surface area contributed by atoms with E-state index in [9.17, 15) is 0 Å². The van der Waals surface area contributed by atoms with Crippen molar-refractivity contribution in [3.63, 3.8) is 0 Å². The Morgan fingerprint density at radius 3 is 1.50 bits per heavy atom. The number of para-hydroxylation sites is 1. The van der Waals surface area contributed by atoms with E-state index >= 15 is 0 Å². The van der Waals surface area contributed by atoms with Gasteiger partial charge in [-0.25, -0.2) is 0 Å². The normalized spacial score (nSPS) is 14.0. The molecule has 0 bridgehead atoms. The summed E-state index contributed by atoms with van der Waals surface area (Å²) in [6.45, 7) is 13.9. The van der Waals surface area contributed by atoms with Crippen LogP contribution in [0.4, 0.5) is 11.4 Å². The minimum atomic E-state index is -0.407. The molecule has 2 aliphatic carbocycles. The summed E-state index contributed by atoms with van der Waals surface area (Å²) < 4.78 is 0. The van der Waals surface area contributed by atoms with Crippen LogP contribution in [0.1, 0.15) is 74.9 Å². The number of hydrogen-bond donors (Lipinski definition) is 1. The highest BCUT2D eigenvalue weighted by Crippen LogP contribution is 2.63. The molecule has 0 saturated carbocycles. The minimum absolute atomic E-state index is 0.0348. The van der Waals surface area contributed by atoms with E-state index in [-0.39, 0.29) is 10.8 Å². The standard InChI is InChI=1S/C45H41N/c1-43(2,3)30-20-23-35-36-24-21-31(44(4,5)6)27-40(36)45(39(35)26-30)38-18-12-10-17-34(38)37-25-22-32(28-41(37)45)46-42-19-13-11-16-33(42)29-14-8-7-9-15-29/h7-28,46H,1-6H3. The Labute approximate surface area is 274 Å². The predicted octanol–water partition coefficient (Wildman–Crippen LogP) is 12.0. The molecule has 6 aromatic rings. The van der Waals surface area contributed by atoms with Gasteiger partial charge in [0, 0.05) is 16.9 Å². The SMILES string of the molecule is CC(C)(C)c1ccc2c(c1)C1(c3ccccc3-c3ccc(Nc4ccccc4-c4ccccc4)cc31)c1cc(C(C)(C)C)ccc1-2. The Hall–Kier alpha value is -4.88. The predicted molar refractivity (Wildman–Crippen MR) is 195 cm³/mol. The summed E-state index contributed by atoms with van der Waals surface area (Å²) in [5.41, 5.74) is 17.9. The van der Waals surface area contributed by atoms with E-state index in [1.54, 1.807) is 0 Å². The molecule has 0 aromatic heterocycles. The van der Waals surface area contributed by atoms with E-state index < -0.39 is 5.41 Å². The fraction of sp³-hybridized carbons (Fsp3) is 0.200. The highest BCUT2D eigenvalue weighted by atomic mass is 14.9. The smallest absolute Gasteiger partial charge is 0.0726 e. The van der Waals surface area contributed by atoms with Crippen LogP contribution in [-0.2, 0) is 16.2 Å². The van der Waals surface area contributed by atoms with Crippen LogP contribution in [0.2, 0.25) is 0 Å². The van der Waals surface area contributed by atoms with E-state index in [0.717, 1.165) is 11.4 Å². The summed E-state index contributed by atoms with van der Waals surface area (Å²) in [7, 11) is 0. The van der Waals surface area contributed by atoms with Crippen LogP contribution >= 0.6 is 0 Å². The van der Waals surface area contributed by atoms with Crippen molar-refractivity contribution >= 4 is 11.4 Å². The maximum Gasteiger partial charge on any atom is 0.0726 e. The summed E-state index contributed by atoms with van der Waals surface area (Å²) in [4.78, 5) is 0. The van der Waals surface area contributed by atoms with Gasteiger partial charge in [0.1, 0.15) is 0 Å². The number of rotatable bonds is 3. The van der Waals surface area contributed by atoms with Gasteiger partial charge in [-0.3, -0.25) is 0 Å². The zero-order valence-electron chi connectivity index (χ0n) is 27.7. The third-order valence-corrected chi connectivity index (χ3v) is 10.2. The van der Waals surface area contributed by atoms with Crippen molar-refractivity contribution < 1.29 is 0 Å². The Morgan fingerprint density at radius 1 is 0.413 bits per heavy atom. The Kier molecular flexibility index (Phi) is 6.25. The van der Waals surface area contributed by atoms with E-state index in [1.807, 2.05) is 0 Å². The molecule has 1 heteroatoms. The second-order valence-corrected chi connectivity index (χ2v) is 15.1. The molecule has 0 amide bonds. The maximum absolute atomic E-state index is 3.85. The summed E-state index contributed by atoms with van der Waals surface area (Å²) in [5.74, 6) is 0. The van der Waals surface area contributed by atoms with Gasteiger partial charge in [-0.05, 0) is 90.2 Å². The van der Waals surface area contributed by atoms with Crippen LogP contribution in [0.15, 0.2) is 133 Å². The van der Waals surface area contributed by atoms with Crippen LogP contribution in [0.3, 0.4) is 0 Å². The van der Waals surface area contributed by atoms with Crippen molar-refractivity contribution in [1.82, 2.24) is 0 Å². The number of fused-ring (bicyclic) bond motifs is 10. The molecule has 0 atom stereocenters. The van der Waals surface area contributed by atoms with E-state index in [2.05, 4.69) is 180 Å². The molecular formula is C45H41N. The van der Waals surface area contributed by atoms with E-state index in [0.29, 0.717) is 0 Å². The molecule has 1 spiro atoms. The zero-order chi connectivity index (χ0) is 31.8. The minimum Gasteiger partial charge on any atom is -0.355 e. The van der Waals surface area contributed by atoms with Crippen molar-refractivity contribution in [2.45, 2.75) is 57.8 Å². The molecule has 1 nitrogen and oxygen atoms in total. The van der Waals surface area contributed by atoms with E-state index in [1.165, 1.54) is 66.8 Å². The lowest BCUT2D eigenvalue weighted by Crippen LogP contribution is -2.27. The first kappa shape index (κ1) is 28.6. The molecule has 0 fully saturated rings.